The lowest BCUT2D eigenvalue weighted by molar-refractivity contribution is -0.123. The molecule has 3 rings (SSSR count). The highest BCUT2D eigenvalue weighted by Gasteiger charge is 2.24. The number of amides is 1. The Balaban J connectivity index is 1.67. The standard InChI is InChI=1S/C25H28ClN3O2S/c1-24(2,3)22(30)29-23-27-13-12-18(28-23)15-31-19-9-6-16(7-10-19)25(4,5)17-8-11-20(26)21(32)14-17/h6-14,32H,15H2,1-5H3,(H,27,28,29,30). The van der Waals surface area contributed by atoms with Crippen LogP contribution in [-0.2, 0) is 16.8 Å². The van der Waals surface area contributed by atoms with Crippen LogP contribution < -0.4 is 10.1 Å². The fourth-order valence-electron chi connectivity index (χ4n) is 3.02. The van der Waals surface area contributed by atoms with Gasteiger partial charge in [0.1, 0.15) is 12.4 Å². The maximum absolute atomic E-state index is 12.1. The van der Waals surface area contributed by atoms with Crippen LogP contribution in [0.15, 0.2) is 59.6 Å². The summed E-state index contributed by atoms with van der Waals surface area (Å²) in [6, 6.07) is 15.7. The number of halogens is 1. The lowest BCUT2D eigenvalue weighted by Crippen LogP contribution is -2.28. The Morgan fingerprint density at radius 1 is 1.03 bits per heavy atom. The fraction of sp³-hybridized carbons (Fsp3) is 0.320. The van der Waals surface area contributed by atoms with Gasteiger partial charge in [-0.3, -0.25) is 10.1 Å². The van der Waals surface area contributed by atoms with Crippen LogP contribution in [0.3, 0.4) is 0 Å². The highest BCUT2D eigenvalue weighted by Crippen LogP contribution is 2.35. The number of benzene rings is 2. The molecule has 0 aliphatic carbocycles. The number of carbonyl (C=O) groups is 1. The quantitative estimate of drug-likeness (QED) is 0.415. The normalized spacial score (nSPS) is 11.8. The van der Waals surface area contributed by atoms with Crippen molar-refractivity contribution in [1.82, 2.24) is 9.97 Å². The van der Waals surface area contributed by atoms with Crippen LogP contribution in [0, 0.1) is 5.41 Å². The van der Waals surface area contributed by atoms with Crippen molar-refractivity contribution < 1.29 is 9.53 Å². The first-order valence-corrected chi connectivity index (χ1v) is 11.1. The number of aromatic nitrogens is 2. The zero-order chi connectivity index (χ0) is 23.5. The highest BCUT2D eigenvalue weighted by atomic mass is 35.5. The molecule has 1 aromatic heterocycles. The van der Waals surface area contributed by atoms with E-state index in [-0.39, 0.29) is 23.9 Å². The summed E-state index contributed by atoms with van der Waals surface area (Å²) in [7, 11) is 0. The van der Waals surface area contributed by atoms with Crippen LogP contribution in [0.1, 0.15) is 51.4 Å². The second-order valence-electron chi connectivity index (χ2n) is 9.18. The molecule has 0 spiro atoms. The topological polar surface area (TPSA) is 64.1 Å². The molecule has 0 bridgehead atoms. The Kier molecular flexibility index (Phi) is 7.16. The van der Waals surface area contributed by atoms with Crippen LogP contribution in [0.4, 0.5) is 5.95 Å². The van der Waals surface area contributed by atoms with Gasteiger partial charge < -0.3 is 4.74 Å². The van der Waals surface area contributed by atoms with E-state index in [1.54, 1.807) is 12.3 Å². The van der Waals surface area contributed by atoms with Crippen molar-refractivity contribution in [2.45, 2.75) is 51.5 Å². The summed E-state index contributed by atoms with van der Waals surface area (Å²) in [6.07, 6.45) is 1.61. The number of rotatable bonds is 6. The first kappa shape index (κ1) is 24.1. The van der Waals surface area contributed by atoms with Gasteiger partial charge in [-0.25, -0.2) is 9.97 Å². The van der Waals surface area contributed by atoms with E-state index >= 15 is 0 Å². The van der Waals surface area contributed by atoms with Crippen molar-refractivity contribution in [1.29, 1.82) is 0 Å². The third kappa shape index (κ3) is 5.81. The minimum atomic E-state index is -0.522. The molecule has 5 nitrogen and oxygen atoms in total. The van der Waals surface area contributed by atoms with E-state index < -0.39 is 5.41 Å². The second kappa shape index (κ2) is 9.51. The third-order valence-electron chi connectivity index (χ3n) is 5.25. The van der Waals surface area contributed by atoms with E-state index in [1.165, 1.54) is 0 Å². The zero-order valence-electron chi connectivity index (χ0n) is 18.9. The van der Waals surface area contributed by atoms with Gasteiger partial charge in [-0.1, -0.05) is 64.4 Å². The molecule has 2 aromatic carbocycles. The molecule has 0 saturated heterocycles. The summed E-state index contributed by atoms with van der Waals surface area (Å²) in [6.45, 7) is 10.1. The van der Waals surface area contributed by atoms with E-state index in [9.17, 15) is 4.79 Å². The van der Waals surface area contributed by atoms with Crippen molar-refractivity contribution in [3.05, 3.63) is 76.6 Å². The SMILES string of the molecule is CC(C)(C)C(=O)Nc1nccc(COc2ccc(C(C)(C)c3ccc(Cl)c(S)c3)cc2)n1. The van der Waals surface area contributed by atoms with E-state index in [4.69, 9.17) is 16.3 Å². The van der Waals surface area contributed by atoms with Crippen LogP contribution in [0.25, 0.3) is 0 Å². The van der Waals surface area contributed by atoms with Crippen molar-refractivity contribution >= 4 is 36.1 Å². The fourth-order valence-corrected chi connectivity index (χ4v) is 3.35. The average molecular weight is 470 g/mol. The van der Waals surface area contributed by atoms with Crippen molar-refractivity contribution in [2.75, 3.05) is 5.32 Å². The average Bonchev–Trinajstić information content (AvgIpc) is 2.74. The Bertz CT molecular complexity index is 1110. The molecule has 0 aliphatic heterocycles. The van der Waals surface area contributed by atoms with E-state index in [1.807, 2.05) is 51.1 Å². The van der Waals surface area contributed by atoms with Crippen LogP contribution in [0.2, 0.25) is 5.02 Å². The maximum Gasteiger partial charge on any atom is 0.232 e. The third-order valence-corrected chi connectivity index (χ3v) is 6.08. The Labute approximate surface area is 200 Å². The van der Waals surface area contributed by atoms with Crippen molar-refractivity contribution in [3.8, 4) is 5.75 Å². The minimum Gasteiger partial charge on any atom is -0.487 e. The molecule has 32 heavy (non-hydrogen) atoms. The number of hydrogen-bond donors (Lipinski definition) is 2. The minimum absolute atomic E-state index is 0.139. The summed E-state index contributed by atoms with van der Waals surface area (Å²) >= 11 is 10.6. The van der Waals surface area contributed by atoms with Gasteiger partial charge in [-0.2, -0.15) is 0 Å². The summed E-state index contributed by atoms with van der Waals surface area (Å²) in [4.78, 5) is 21.4. The Morgan fingerprint density at radius 2 is 1.69 bits per heavy atom. The summed E-state index contributed by atoms with van der Waals surface area (Å²) < 4.78 is 5.89. The number of nitrogens with one attached hydrogen (secondary N) is 1. The lowest BCUT2D eigenvalue weighted by Gasteiger charge is -2.26. The number of nitrogens with zero attached hydrogens (tertiary/aromatic N) is 2. The lowest BCUT2D eigenvalue weighted by atomic mass is 9.78. The number of anilines is 1. The van der Waals surface area contributed by atoms with Gasteiger partial charge in [0.2, 0.25) is 11.9 Å². The molecular weight excluding hydrogens is 442 g/mol. The molecule has 0 saturated carbocycles. The Morgan fingerprint density at radius 3 is 2.31 bits per heavy atom. The van der Waals surface area contributed by atoms with Gasteiger partial charge in [-0.05, 0) is 41.5 Å². The molecule has 3 aromatic rings. The first-order valence-electron chi connectivity index (χ1n) is 10.3. The number of thiol groups is 1. The molecule has 0 aliphatic rings. The predicted octanol–water partition coefficient (Wildman–Crippen LogP) is 6.31. The highest BCUT2D eigenvalue weighted by molar-refractivity contribution is 7.80. The summed E-state index contributed by atoms with van der Waals surface area (Å²) in [5.41, 5.74) is 2.22. The van der Waals surface area contributed by atoms with Crippen LogP contribution in [0.5, 0.6) is 5.75 Å². The van der Waals surface area contributed by atoms with Gasteiger partial charge in [0.15, 0.2) is 0 Å². The predicted molar refractivity (Wildman–Crippen MR) is 132 cm³/mol. The molecule has 7 heteroatoms. The van der Waals surface area contributed by atoms with Gasteiger partial charge in [-0.15, -0.1) is 12.6 Å². The molecule has 1 amide bonds. The van der Waals surface area contributed by atoms with Gasteiger partial charge in [0.25, 0.3) is 0 Å². The molecule has 168 valence electrons. The van der Waals surface area contributed by atoms with Gasteiger partial charge in [0, 0.05) is 21.9 Å². The van der Waals surface area contributed by atoms with Gasteiger partial charge >= 0.3 is 0 Å². The largest absolute Gasteiger partial charge is 0.487 e. The molecular formula is C25H28ClN3O2S. The monoisotopic (exact) mass is 469 g/mol. The summed E-state index contributed by atoms with van der Waals surface area (Å²) in [5.74, 6) is 0.864. The summed E-state index contributed by atoms with van der Waals surface area (Å²) in [5, 5.41) is 3.38. The number of carbonyl (C=O) groups excluding carboxylic acids is 1. The number of hydrogen-bond acceptors (Lipinski definition) is 5. The molecule has 0 radical (unpaired) electrons. The van der Waals surface area contributed by atoms with Gasteiger partial charge in [0.05, 0.1) is 10.7 Å². The molecule has 0 fully saturated rings. The number of ether oxygens (including phenoxy) is 1. The maximum atomic E-state index is 12.1. The van der Waals surface area contributed by atoms with Crippen LogP contribution >= 0.6 is 24.2 Å². The van der Waals surface area contributed by atoms with E-state index in [0.29, 0.717) is 10.7 Å². The van der Waals surface area contributed by atoms with E-state index in [2.05, 4.69) is 53.9 Å². The zero-order valence-corrected chi connectivity index (χ0v) is 20.6. The Hall–Kier alpha value is -2.57. The van der Waals surface area contributed by atoms with E-state index in [0.717, 1.165) is 21.8 Å². The molecule has 0 unspecified atom stereocenters. The molecule has 0 atom stereocenters. The first-order chi connectivity index (χ1) is 15.0. The smallest absolute Gasteiger partial charge is 0.232 e. The van der Waals surface area contributed by atoms with Crippen molar-refractivity contribution in [3.63, 3.8) is 0 Å². The second-order valence-corrected chi connectivity index (χ2v) is 10.1. The van der Waals surface area contributed by atoms with Crippen LogP contribution in [-0.4, -0.2) is 15.9 Å². The molecule has 1 heterocycles. The molecule has 1 N–H and O–H groups in total. The van der Waals surface area contributed by atoms with Crippen molar-refractivity contribution in [2.24, 2.45) is 5.41 Å².